The van der Waals surface area contributed by atoms with E-state index in [1.165, 1.54) is 0 Å². The zero-order chi connectivity index (χ0) is 13.5. The monoisotopic (exact) mass is 261 g/mol. The third-order valence-corrected chi connectivity index (χ3v) is 2.83. The molecule has 0 spiro atoms. The summed E-state index contributed by atoms with van der Waals surface area (Å²) in [6.07, 6.45) is 1.79. The molecule has 5 nitrogen and oxygen atoms in total. The Bertz CT molecular complexity index is 511. The van der Waals surface area contributed by atoms with Crippen molar-refractivity contribution >= 4 is 0 Å². The Balaban J connectivity index is 1.71. The molecule has 0 aliphatic carbocycles. The molecular weight excluding hydrogens is 242 g/mol. The van der Waals surface area contributed by atoms with Crippen molar-refractivity contribution in [2.45, 2.75) is 6.54 Å². The molecule has 0 saturated heterocycles. The van der Waals surface area contributed by atoms with Gasteiger partial charge >= 0.3 is 0 Å². The van der Waals surface area contributed by atoms with Gasteiger partial charge in [0, 0.05) is 26.3 Å². The van der Waals surface area contributed by atoms with Gasteiger partial charge < -0.3 is 14.8 Å². The average Bonchev–Trinajstić information content (AvgIpc) is 2.84. The molecule has 5 heteroatoms. The largest absolute Gasteiger partial charge is 0.493 e. The van der Waals surface area contributed by atoms with Gasteiger partial charge in [-0.25, -0.2) is 0 Å². The van der Waals surface area contributed by atoms with E-state index in [0.29, 0.717) is 6.61 Å². The van der Waals surface area contributed by atoms with Crippen LogP contribution in [-0.4, -0.2) is 30.0 Å². The number of aryl methyl sites for hydroxylation is 1. The molecule has 19 heavy (non-hydrogen) atoms. The van der Waals surface area contributed by atoms with E-state index in [4.69, 9.17) is 9.47 Å². The normalized spacial score (nSPS) is 10.4. The molecule has 0 aliphatic heterocycles. The summed E-state index contributed by atoms with van der Waals surface area (Å²) >= 11 is 0. The lowest BCUT2D eigenvalue weighted by atomic mass is 10.3. The Morgan fingerprint density at radius 1 is 1.21 bits per heavy atom. The summed E-state index contributed by atoms with van der Waals surface area (Å²) in [5.74, 6) is 1.53. The number of benzene rings is 1. The minimum absolute atomic E-state index is 0.595. The smallest absolute Gasteiger partial charge is 0.161 e. The lowest BCUT2D eigenvalue weighted by molar-refractivity contribution is 0.291. The first-order chi connectivity index (χ1) is 9.31. The number of para-hydroxylation sites is 2. The molecule has 0 amide bonds. The number of methoxy groups -OCH3 is 1. The number of ether oxygens (including phenoxy) is 2. The quantitative estimate of drug-likeness (QED) is 0.769. The summed E-state index contributed by atoms with van der Waals surface area (Å²) in [7, 11) is 3.57. The SMILES string of the molecule is COc1ccccc1OCCNCc1ccnn1C. The minimum Gasteiger partial charge on any atom is -0.493 e. The molecule has 0 saturated carbocycles. The maximum atomic E-state index is 5.67. The van der Waals surface area contributed by atoms with Crippen molar-refractivity contribution in [3.05, 3.63) is 42.2 Å². The first-order valence-corrected chi connectivity index (χ1v) is 6.24. The van der Waals surface area contributed by atoms with E-state index >= 15 is 0 Å². The molecule has 0 bridgehead atoms. The zero-order valence-corrected chi connectivity index (χ0v) is 11.3. The molecule has 0 unspecified atom stereocenters. The predicted molar refractivity (Wildman–Crippen MR) is 73.4 cm³/mol. The van der Waals surface area contributed by atoms with Crippen molar-refractivity contribution in [3.63, 3.8) is 0 Å². The topological polar surface area (TPSA) is 48.3 Å². The second-order valence-corrected chi connectivity index (χ2v) is 4.12. The number of rotatable bonds is 7. The van der Waals surface area contributed by atoms with Gasteiger partial charge in [0.25, 0.3) is 0 Å². The standard InChI is InChI=1S/C14H19N3O2/c1-17-12(7-8-16-17)11-15-9-10-19-14-6-4-3-5-13(14)18-2/h3-8,15H,9-11H2,1-2H3. The Morgan fingerprint density at radius 3 is 2.68 bits per heavy atom. The van der Waals surface area contributed by atoms with Crippen LogP contribution in [0.15, 0.2) is 36.5 Å². The van der Waals surface area contributed by atoms with Gasteiger partial charge in [-0.15, -0.1) is 0 Å². The van der Waals surface area contributed by atoms with Crippen LogP contribution in [0.5, 0.6) is 11.5 Å². The van der Waals surface area contributed by atoms with Crippen molar-refractivity contribution in [1.29, 1.82) is 0 Å². The van der Waals surface area contributed by atoms with E-state index in [1.54, 1.807) is 13.3 Å². The fraction of sp³-hybridized carbons (Fsp3) is 0.357. The fourth-order valence-corrected chi connectivity index (χ4v) is 1.76. The maximum Gasteiger partial charge on any atom is 0.161 e. The van der Waals surface area contributed by atoms with Gasteiger partial charge in [0.15, 0.2) is 11.5 Å². The van der Waals surface area contributed by atoms with Crippen molar-refractivity contribution in [2.24, 2.45) is 7.05 Å². The average molecular weight is 261 g/mol. The number of hydrogen-bond donors (Lipinski definition) is 1. The van der Waals surface area contributed by atoms with E-state index in [2.05, 4.69) is 10.4 Å². The lowest BCUT2D eigenvalue weighted by Crippen LogP contribution is -2.22. The van der Waals surface area contributed by atoms with Gasteiger partial charge in [0.2, 0.25) is 0 Å². The molecule has 102 valence electrons. The molecule has 0 radical (unpaired) electrons. The van der Waals surface area contributed by atoms with Gasteiger partial charge in [-0.2, -0.15) is 5.10 Å². The van der Waals surface area contributed by atoms with Crippen molar-refractivity contribution < 1.29 is 9.47 Å². The number of hydrogen-bond acceptors (Lipinski definition) is 4. The summed E-state index contributed by atoms with van der Waals surface area (Å²) in [6, 6.07) is 9.64. The summed E-state index contributed by atoms with van der Waals surface area (Å²) in [5.41, 5.74) is 1.15. The maximum absolute atomic E-state index is 5.67. The zero-order valence-electron chi connectivity index (χ0n) is 11.3. The highest BCUT2D eigenvalue weighted by Crippen LogP contribution is 2.25. The highest BCUT2D eigenvalue weighted by atomic mass is 16.5. The molecule has 2 rings (SSSR count). The Labute approximate surface area is 113 Å². The molecule has 2 aromatic rings. The molecular formula is C14H19N3O2. The van der Waals surface area contributed by atoms with Crippen LogP contribution in [0.4, 0.5) is 0 Å². The van der Waals surface area contributed by atoms with Gasteiger partial charge in [-0.05, 0) is 18.2 Å². The van der Waals surface area contributed by atoms with Crippen LogP contribution in [0.1, 0.15) is 5.69 Å². The van der Waals surface area contributed by atoms with Crippen LogP contribution < -0.4 is 14.8 Å². The second-order valence-electron chi connectivity index (χ2n) is 4.12. The van der Waals surface area contributed by atoms with E-state index < -0.39 is 0 Å². The van der Waals surface area contributed by atoms with E-state index in [0.717, 1.165) is 30.3 Å². The summed E-state index contributed by atoms with van der Waals surface area (Å²) < 4.78 is 12.7. The van der Waals surface area contributed by atoms with Crippen LogP contribution in [-0.2, 0) is 13.6 Å². The molecule has 0 aliphatic rings. The molecule has 0 atom stereocenters. The first-order valence-electron chi connectivity index (χ1n) is 6.24. The molecule has 1 aromatic carbocycles. The molecule has 0 fully saturated rings. The summed E-state index contributed by atoms with van der Waals surface area (Å²) in [4.78, 5) is 0. The predicted octanol–water partition coefficient (Wildman–Crippen LogP) is 1.60. The second kappa shape index (κ2) is 6.80. The minimum atomic E-state index is 0.595. The van der Waals surface area contributed by atoms with Crippen LogP contribution in [0, 0.1) is 0 Å². The third-order valence-electron chi connectivity index (χ3n) is 2.83. The fourth-order valence-electron chi connectivity index (χ4n) is 1.76. The Morgan fingerprint density at radius 2 is 2.00 bits per heavy atom. The van der Waals surface area contributed by atoms with Crippen molar-refractivity contribution in [3.8, 4) is 11.5 Å². The highest BCUT2D eigenvalue weighted by molar-refractivity contribution is 5.39. The highest BCUT2D eigenvalue weighted by Gasteiger charge is 2.02. The van der Waals surface area contributed by atoms with Crippen molar-refractivity contribution in [1.82, 2.24) is 15.1 Å². The molecule has 1 aromatic heterocycles. The van der Waals surface area contributed by atoms with Gasteiger partial charge in [-0.1, -0.05) is 12.1 Å². The van der Waals surface area contributed by atoms with Crippen LogP contribution >= 0.6 is 0 Å². The van der Waals surface area contributed by atoms with E-state index in [-0.39, 0.29) is 0 Å². The number of nitrogens with zero attached hydrogens (tertiary/aromatic N) is 2. The Hall–Kier alpha value is -2.01. The van der Waals surface area contributed by atoms with Crippen LogP contribution in [0.25, 0.3) is 0 Å². The number of nitrogens with one attached hydrogen (secondary N) is 1. The van der Waals surface area contributed by atoms with E-state index in [9.17, 15) is 0 Å². The molecule has 1 N–H and O–H groups in total. The van der Waals surface area contributed by atoms with E-state index in [1.807, 2.05) is 42.1 Å². The van der Waals surface area contributed by atoms with Gasteiger partial charge in [0.1, 0.15) is 6.61 Å². The van der Waals surface area contributed by atoms with Gasteiger partial charge in [0.05, 0.1) is 12.8 Å². The number of aromatic nitrogens is 2. The van der Waals surface area contributed by atoms with Crippen molar-refractivity contribution in [2.75, 3.05) is 20.3 Å². The summed E-state index contributed by atoms with van der Waals surface area (Å²) in [6.45, 7) is 2.15. The van der Waals surface area contributed by atoms with Gasteiger partial charge in [-0.3, -0.25) is 4.68 Å². The molecule has 1 heterocycles. The van der Waals surface area contributed by atoms with Crippen LogP contribution in [0.3, 0.4) is 0 Å². The van der Waals surface area contributed by atoms with Crippen LogP contribution in [0.2, 0.25) is 0 Å². The third kappa shape index (κ3) is 3.72. The summed E-state index contributed by atoms with van der Waals surface area (Å²) in [5, 5.41) is 7.42. The first kappa shape index (κ1) is 13.4. The lowest BCUT2D eigenvalue weighted by Gasteiger charge is -2.10. The Kier molecular flexibility index (Phi) is 4.80.